The Kier molecular flexibility index (Phi) is 6.49. The number of hydrogen-bond acceptors (Lipinski definition) is 4. The first-order valence-electron chi connectivity index (χ1n) is 6.29. The number of rotatable bonds is 7. The summed E-state index contributed by atoms with van der Waals surface area (Å²) in [4.78, 5) is 24.4. The summed E-state index contributed by atoms with van der Waals surface area (Å²) in [5.41, 5.74) is 0. The molecule has 0 aromatic heterocycles. The fourth-order valence-corrected chi connectivity index (χ4v) is 1.54. The summed E-state index contributed by atoms with van der Waals surface area (Å²) >= 11 is 0. The molecule has 0 fully saturated rings. The fraction of sp³-hybridized carbons (Fsp3) is 0.429. The lowest BCUT2D eigenvalue weighted by atomic mass is 10.3. The van der Waals surface area contributed by atoms with Gasteiger partial charge in [0.15, 0.2) is 0 Å². The van der Waals surface area contributed by atoms with Gasteiger partial charge in [-0.25, -0.2) is 4.39 Å². The maximum Gasteiger partial charge on any atom is 0.325 e. The number of carbonyl (C=O) groups is 2. The second-order valence-electron chi connectivity index (χ2n) is 4.04. The first kappa shape index (κ1) is 15.9. The third-order valence-corrected chi connectivity index (χ3v) is 2.68. The second-order valence-corrected chi connectivity index (χ2v) is 4.04. The van der Waals surface area contributed by atoms with Crippen molar-refractivity contribution in [1.82, 2.24) is 4.90 Å². The van der Waals surface area contributed by atoms with E-state index < -0.39 is 5.97 Å². The third-order valence-electron chi connectivity index (χ3n) is 2.68. The minimum Gasteiger partial charge on any atom is -0.493 e. The summed E-state index contributed by atoms with van der Waals surface area (Å²) in [6, 6.07) is 5.55. The lowest BCUT2D eigenvalue weighted by Gasteiger charge is -2.19. The van der Waals surface area contributed by atoms with E-state index >= 15 is 0 Å². The molecule has 1 aromatic rings. The predicted molar refractivity (Wildman–Crippen MR) is 70.8 cm³/mol. The standard InChI is InChI=1S/C14H18FNO4/c1-3-16(10-14(18)19-2)13(17)8-9-20-12-6-4-11(15)5-7-12/h4-7H,3,8-10H2,1-2H3. The summed E-state index contributed by atoms with van der Waals surface area (Å²) in [5.74, 6) is -0.501. The molecule has 6 heteroatoms. The topological polar surface area (TPSA) is 55.8 Å². The molecular weight excluding hydrogens is 265 g/mol. The van der Waals surface area contributed by atoms with Crippen LogP contribution in [0.4, 0.5) is 4.39 Å². The normalized spacial score (nSPS) is 9.95. The molecule has 20 heavy (non-hydrogen) atoms. The maximum atomic E-state index is 12.7. The van der Waals surface area contributed by atoms with Gasteiger partial charge < -0.3 is 14.4 Å². The average Bonchev–Trinajstić information content (AvgIpc) is 2.46. The van der Waals surface area contributed by atoms with Crippen molar-refractivity contribution in [2.75, 3.05) is 26.8 Å². The van der Waals surface area contributed by atoms with Gasteiger partial charge in [0.1, 0.15) is 18.1 Å². The Labute approximate surface area is 117 Å². The van der Waals surface area contributed by atoms with Crippen molar-refractivity contribution < 1.29 is 23.5 Å². The van der Waals surface area contributed by atoms with Gasteiger partial charge in [-0.3, -0.25) is 9.59 Å². The van der Waals surface area contributed by atoms with Gasteiger partial charge in [0.2, 0.25) is 5.91 Å². The van der Waals surface area contributed by atoms with Crippen LogP contribution in [-0.4, -0.2) is 43.6 Å². The summed E-state index contributed by atoms with van der Waals surface area (Å²) in [5, 5.41) is 0. The minimum atomic E-state index is -0.459. The number of methoxy groups -OCH3 is 1. The number of esters is 1. The highest BCUT2D eigenvalue weighted by molar-refractivity contribution is 5.82. The van der Waals surface area contributed by atoms with Gasteiger partial charge in [-0.1, -0.05) is 0 Å². The summed E-state index contributed by atoms with van der Waals surface area (Å²) in [6.07, 6.45) is 0.141. The molecule has 0 atom stereocenters. The van der Waals surface area contributed by atoms with Crippen LogP contribution in [0.1, 0.15) is 13.3 Å². The van der Waals surface area contributed by atoms with Crippen LogP contribution in [0, 0.1) is 5.82 Å². The summed E-state index contributed by atoms with van der Waals surface area (Å²) < 4.78 is 22.5. The Bertz CT molecular complexity index is 447. The minimum absolute atomic E-state index is 0.0671. The van der Waals surface area contributed by atoms with Crippen LogP contribution in [0.25, 0.3) is 0 Å². The molecule has 0 unspecified atom stereocenters. The molecule has 1 aromatic carbocycles. The number of halogens is 1. The van der Waals surface area contributed by atoms with Crippen LogP contribution in [-0.2, 0) is 14.3 Å². The van der Waals surface area contributed by atoms with Crippen LogP contribution < -0.4 is 4.74 Å². The van der Waals surface area contributed by atoms with E-state index in [0.29, 0.717) is 12.3 Å². The predicted octanol–water partition coefficient (Wildman–Crippen LogP) is 1.62. The smallest absolute Gasteiger partial charge is 0.325 e. The Morgan fingerprint density at radius 1 is 1.25 bits per heavy atom. The van der Waals surface area contributed by atoms with Gasteiger partial charge in [0.05, 0.1) is 20.1 Å². The van der Waals surface area contributed by atoms with Crippen LogP contribution in [0.2, 0.25) is 0 Å². The monoisotopic (exact) mass is 283 g/mol. The highest BCUT2D eigenvalue weighted by Crippen LogP contribution is 2.11. The maximum absolute atomic E-state index is 12.7. The van der Waals surface area contributed by atoms with Gasteiger partial charge >= 0.3 is 5.97 Å². The largest absolute Gasteiger partial charge is 0.493 e. The molecule has 1 amide bonds. The van der Waals surface area contributed by atoms with Crippen molar-refractivity contribution in [1.29, 1.82) is 0 Å². The zero-order valence-corrected chi connectivity index (χ0v) is 11.6. The highest BCUT2D eigenvalue weighted by Gasteiger charge is 2.15. The van der Waals surface area contributed by atoms with Crippen molar-refractivity contribution in [2.45, 2.75) is 13.3 Å². The van der Waals surface area contributed by atoms with E-state index in [0.717, 1.165) is 0 Å². The number of likely N-dealkylation sites (N-methyl/N-ethyl adjacent to an activating group) is 1. The van der Waals surface area contributed by atoms with E-state index in [1.807, 2.05) is 0 Å². The quantitative estimate of drug-likeness (QED) is 0.713. The summed E-state index contributed by atoms with van der Waals surface area (Å²) in [6.45, 7) is 2.30. The molecule has 0 saturated carbocycles. The molecule has 0 spiro atoms. The number of nitrogens with zero attached hydrogens (tertiary/aromatic N) is 1. The number of carbonyl (C=O) groups excluding carboxylic acids is 2. The fourth-order valence-electron chi connectivity index (χ4n) is 1.54. The lowest BCUT2D eigenvalue weighted by molar-refractivity contribution is -0.147. The molecule has 0 saturated heterocycles. The van der Waals surface area contributed by atoms with Crippen LogP contribution >= 0.6 is 0 Å². The van der Waals surface area contributed by atoms with E-state index in [-0.39, 0.29) is 31.3 Å². The molecule has 0 heterocycles. The molecule has 5 nitrogen and oxygen atoms in total. The average molecular weight is 283 g/mol. The SMILES string of the molecule is CCN(CC(=O)OC)C(=O)CCOc1ccc(F)cc1. The summed E-state index contributed by atoms with van der Waals surface area (Å²) in [7, 11) is 1.28. The third kappa shape index (κ3) is 5.26. The molecule has 0 N–H and O–H groups in total. The van der Waals surface area contributed by atoms with Crippen LogP contribution in [0.3, 0.4) is 0 Å². The molecule has 0 aliphatic heterocycles. The van der Waals surface area contributed by atoms with E-state index in [2.05, 4.69) is 4.74 Å². The molecule has 0 aliphatic carbocycles. The van der Waals surface area contributed by atoms with E-state index in [1.54, 1.807) is 6.92 Å². The molecule has 1 rings (SSSR count). The van der Waals surface area contributed by atoms with Gasteiger partial charge in [0, 0.05) is 6.54 Å². The van der Waals surface area contributed by atoms with E-state index in [9.17, 15) is 14.0 Å². The number of hydrogen-bond donors (Lipinski definition) is 0. The van der Waals surface area contributed by atoms with E-state index in [4.69, 9.17) is 4.74 Å². The Morgan fingerprint density at radius 3 is 2.45 bits per heavy atom. The highest BCUT2D eigenvalue weighted by atomic mass is 19.1. The zero-order chi connectivity index (χ0) is 15.0. The van der Waals surface area contributed by atoms with Crippen molar-refractivity contribution >= 4 is 11.9 Å². The number of amides is 1. The van der Waals surface area contributed by atoms with Crippen LogP contribution in [0.5, 0.6) is 5.75 Å². The van der Waals surface area contributed by atoms with Crippen molar-refractivity contribution in [3.8, 4) is 5.75 Å². The van der Waals surface area contributed by atoms with Crippen molar-refractivity contribution in [2.24, 2.45) is 0 Å². The first-order chi connectivity index (χ1) is 9.56. The van der Waals surface area contributed by atoms with Crippen molar-refractivity contribution in [3.63, 3.8) is 0 Å². The molecule has 110 valence electrons. The van der Waals surface area contributed by atoms with Gasteiger partial charge in [-0.2, -0.15) is 0 Å². The zero-order valence-electron chi connectivity index (χ0n) is 11.6. The Hall–Kier alpha value is -2.11. The molecular formula is C14H18FNO4. The molecule has 0 aliphatic rings. The number of ether oxygens (including phenoxy) is 2. The van der Waals surface area contributed by atoms with E-state index in [1.165, 1.54) is 36.3 Å². The van der Waals surface area contributed by atoms with Gasteiger partial charge in [-0.05, 0) is 31.2 Å². The van der Waals surface area contributed by atoms with Gasteiger partial charge in [-0.15, -0.1) is 0 Å². The first-order valence-corrected chi connectivity index (χ1v) is 6.29. The van der Waals surface area contributed by atoms with Crippen molar-refractivity contribution in [3.05, 3.63) is 30.1 Å². The lowest BCUT2D eigenvalue weighted by Crippen LogP contribution is -2.36. The molecule has 0 radical (unpaired) electrons. The molecule has 0 bridgehead atoms. The Balaban J connectivity index is 2.37. The van der Waals surface area contributed by atoms with Gasteiger partial charge in [0.25, 0.3) is 0 Å². The number of benzene rings is 1. The second kappa shape index (κ2) is 8.14. The van der Waals surface area contributed by atoms with Crippen LogP contribution in [0.15, 0.2) is 24.3 Å². The Morgan fingerprint density at radius 2 is 1.90 bits per heavy atom.